The second kappa shape index (κ2) is 2.47. The first-order valence-corrected chi connectivity index (χ1v) is 4.43. The van der Waals surface area contributed by atoms with Crippen molar-refractivity contribution in [1.82, 2.24) is 5.01 Å². The summed E-state index contributed by atoms with van der Waals surface area (Å²) in [5.74, 6) is 0. The van der Waals surface area contributed by atoms with E-state index in [2.05, 4.69) is 5.29 Å². The maximum absolute atomic E-state index is 10.1. The van der Waals surface area contributed by atoms with Gasteiger partial charge in [-0.1, -0.05) is 19.3 Å². The molecule has 1 aliphatic heterocycles. The van der Waals surface area contributed by atoms with Gasteiger partial charge in [0, 0.05) is 18.5 Å². The molecule has 0 aromatic heterocycles. The fraction of sp³-hybridized carbons (Fsp3) is 1.00. The minimum Gasteiger partial charge on any atom is -0.260 e. The molecule has 0 atom stereocenters. The van der Waals surface area contributed by atoms with Crippen molar-refractivity contribution in [3.8, 4) is 0 Å². The van der Waals surface area contributed by atoms with Gasteiger partial charge in [0.2, 0.25) is 0 Å². The third-order valence-electron chi connectivity index (χ3n) is 3.07. The Hall–Kier alpha value is -0.600. The zero-order valence-corrected chi connectivity index (χ0v) is 6.75. The highest BCUT2D eigenvalue weighted by atomic mass is 16.3. The van der Waals surface area contributed by atoms with Crippen LogP contribution in [0.1, 0.15) is 32.1 Å². The largest absolute Gasteiger partial charge is 0.260 e. The van der Waals surface area contributed by atoms with Crippen LogP contribution in [0.15, 0.2) is 5.29 Å². The van der Waals surface area contributed by atoms with Gasteiger partial charge >= 0.3 is 0 Å². The second-order valence-corrected chi connectivity index (χ2v) is 3.96. The molecule has 1 aliphatic carbocycles. The Balaban J connectivity index is 1.88. The zero-order valence-electron chi connectivity index (χ0n) is 6.75. The van der Waals surface area contributed by atoms with Crippen LogP contribution in [0, 0.1) is 10.3 Å². The van der Waals surface area contributed by atoms with Gasteiger partial charge in [0.15, 0.2) is 0 Å². The summed E-state index contributed by atoms with van der Waals surface area (Å²) in [5.41, 5.74) is 0.506. The molecular weight excluding hydrogens is 140 g/mol. The average Bonchev–Trinajstić information content (AvgIpc) is 2.01. The fourth-order valence-electron chi connectivity index (χ4n) is 2.40. The predicted octanol–water partition coefficient (Wildman–Crippen LogP) is 1.93. The SMILES string of the molecule is O=NN1CC2(CCCCC2)C1. The monoisotopic (exact) mass is 154 g/mol. The molecule has 0 amide bonds. The molecule has 0 radical (unpaired) electrons. The lowest BCUT2D eigenvalue weighted by Crippen LogP contribution is -2.54. The normalized spacial score (nSPS) is 28.2. The van der Waals surface area contributed by atoms with Gasteiger partial charge in [-0.25, -0.2) is 0 Å². The van der Waals surface area contributed by atoms with Crippen molar-refractivity contribution in [2.45, 2.75) is 32.1 Å². The van der Waals surface area contributed by atoms with Crippen LogP contribution in [0.25, 0.3) is 0 Å². The van der Waals surface area contributed by atoms with Gasteiger partial charge in [0.05, 0.1) is 5.29 Å². The number of nitrogens with zero attached hydrogens (tertiary/aromatic N) is 2. The van der Waals surface area contributed by atoms with Crippen molar-refractivity contribution in [3.63, 3.8) is 0 Å². The smallest absolute Gasteiger partial charge is 0.0524 e. The molecule has 2 fully saturated rings. The first kappa shape index (κ1) is 7.07. The Bertz CT molecular complexity index is 155. The van der Waals surface area contributed by atoms with Crippen LogP contribution in [-0.4, -0.2) is 18.1 Å². The molecule has 2 aliphatic rings. The highest BCUT2D eigenvalue weighted by molar-refractivity contribution is 4.94. The topological polar surface area (TPSA) is 32.7 Å². The minimum absolute atomic E-state index is 0.506. The Morgan fingerprint density at radius 2 is 1.73 bits per heavy atom. The molecule has 0 bridgehead atoms. The highest BCUT2D eigenvalue weighted by Gasteiger charge is 2.43. The zero-order chi connectivity index (χ0) is 7.73. The number of hydrogen-bond acceptors (Lipinski definition) is 2. The van der Waals surface area contributed by atoms with Crippen molar-refractivity contribution >= 4 is 0 Å². The Morgan fingerprint density at radius 3 is 2.27 bits per heavy atom. The summed E-state index contributed by atoms with van der Waals surface area (Å²) in [7, 11) is 0. The Morgan fingerprint density at radius 1 is 1.09 bits per heavy atom. The van der Waals surface area contributed by atoms with Gasteiger partial charge in [-0.15, -0.1) is 4.91 Å². The molecule has 0 aromatic rings. The third kappa shape index (κ3) is 1.12. The van der Waals surface area contributed by atoms with E-state index in [1.165, 1.54) is 32.1 Å². The molecule has 62 valence electrons. The summed E-state index contributed by atoms with van der Waals surface area (Å²) in [5, 5.41) is 4.57. The van der Waals surface area contributed by atoms with E-state index >= 15 is 0 Å². The van der Waals surface area contributed by atoms with Crippen molar-refractivity contribution in [3.05, 3.63) is 4.91 Å². The van der Waals surface area contributed by atoms with E-state index in [9.17, 15) is 4.91 Å². The van der Waals surface area contributed by atoms with Crippen LogP contribution in [0.3, 0.4) is 0 Å². The van der Waals surface area contributed by atoms with Crippen LogP contribution in [0.5, 0.6) is 0 Å². The lowest BCUT2D eigenvalue weighted by molar-refractivity contribution is -0.0275. The van der Waals surface area contributed by atoms with Crippen LogP contribution in [0.4, 0.5) is 0 Å². The molecule has 0 aromatic carbocycles. The van der Waals surface area contributed by atoms with Crippen molar-refractivity contribution < 1.29 is 0 Å². The quantitative estimate of drug-likeness (QED) is 0.540. The maximum Gasteiger partial charge on any atom is 0.0524 e. The molecule has 0 unspecified atom stereocenters. The lowest BCUT2D eigenvalue weighted by atomic mass is 9.69. The van der Waals surface area contributed by atoms with E-state index in [0.717, 1.165) is 13.1 Å². The van der Waals surface area contributed by atoms with Crippen molar-refractivity contribution in [2.24, 2.45) is 10.7 Å². The number of rotatable bonds is 1. The summed E-state index contributed by atoms with van der Waals surface area (Å²) in [4.78, 5) is 10.1. The molecule has 2 rings (SSSR count). The van der Waals surface area contributed by atoms with Gasteiger partial charge in [-0.3, -0.25) is 5.01 Å². The van der Waals surface area contributed by atoms with Crippen molar-refractivity contribution in [2.75, 3.05) is 13.1 Å². The summed E-state index contributed by atoms with van der Waals surface area (Å²) in [6.07, 6.45) is 6.73. The lowest BCUT2D eigenvalue weighted by Gasteiger charge is -2.49. The van der Waals surface area contributed by atoms with Crippen molar-refractivity contribution in [1.29, 1.82) is 0 Å². The summed E-state index contributed by atoms with van der Waals surface area (Å²) in [6, 6.07) is 0. The van der Waals surface area contributed by atoms with E-state index in [1.54, 1.807) is 5.01 Å². The minimum atomic E-state index is 0.506. The van der Waals surface area contributed by atoms with Crippen LogP contribution in [0.2, 0.25) is 0 Å². The van der Waals surface area contributed by atoms with E-state index in [0.29, 0.717) is 5.41 Å². The van der Waals surface area contributed by atoms with E-state index in [1.807, 2.05) is 0 Å². The molecule has 1 saturated heterocycles. The van der Waals surface area contributed by atoms with Crippen LogP contribution >= 0.6 is 0 Å². The number of hydrogen-bond donors (Lipinski definition) is 0. The predicted molar refractivity (Wildman–Crippen MR) is 42.9 cm³/mol. The number of nitroso groups, excluding NO2 is 1. The molecule has 1 heterocycles. The first-order chi connectivity index (χ1) is 5.35. The highest BCUT2D eigenvalue weighted by Crippen LogP contribution is 2.43. The van der Waals surface area contributed by atoms with Gasteiger partial charge in [-0.2, -0.15) is 0 Å². The molecule has 11 heavy (non-hydrogen) atoms. The fourth-order valence-corrected chi connectivity index (χ4v) is 2.40. The summed E-state index contributed by atoms with van der Waals surface area (Å²) in [6.45, 7) is 1.85. The first-order valence-electron chi connectivity index (χ1n) is 4.43. The molecule has 1 spiro atoms. The molecular formula is C8H14N2O. The van der Waals surface area contributed by atoms with Gasteiger partial charge < -0.3 is 0 Å². The second-order valence-electron chi connectivity index (χ2n) is 3.96. The molecule has 0 N–H and O–H groups in total. The molecule has 3 heteroatoms. The Kier molecular flexibility index (Phi) is 1.59. The maximum atomic E-state index is 10.1. The summed E-state index contributed by atoms with van der Waals surface area (Å²) >= 11 is 0. The van der Waals surface area contributed by atoms with Gasteiger partial charge in [0.25, 0.3) is 0 Å². The van der Waals surface area contributed by atoms with E-state index < -0.39 is 0 Å². The van der Waals surface area contributed by atoms with E-state index in [-0.39, 0.29) is 0 Å². The summed E-state index contributed by atoms with van der Waals surface area (Å²) < 4.78 is 0. The van der Waals surface area contributed by atoms with Gasteiger partial charge in [-0.05, 0) is 12.8 Å². The van der Waals surface area contributed by atoms with Crippen LogP contribution in [-0.2, 0) is 0 Å². The molecule has 3 nitrogen and oxygen atoms in total. The molecule has 1 saturated carbocycles. The van der Waals surface area contributed by atoms with Gasteiger partial charge in [0.1, 0.15) is 0 Å². The third-order valence-corrected chi connectivity index (χ3v) is 3.07. The van der Waals surface area contributed by atoms with Crippen LogP contribution < -0.4 is 0 Å². The Labute approximate surface area is 66.7 Å². The van der Waals surface area contributed by atoms with E-state index in [4.69, 9.17) is 0 Å². The standard InChI is InChI=1S/C8H14N2O/c11-9-10-6-8(7-10)4-2-1-3-5-8/h1-7H2. The average molecular weight is 154 g/mol.